The number of nitrogens with one attached hydrogen (secondary N) is 1. The van der Waals surface area contributed by atoms with Gasteiger partial charge in [-0.2, -0.15) is 0 Å². The molecule has 0 saturated heterocycles. The van der Waals surface area contributed by atoms with E-state index >= 15 is 0 Å². The summed E-state index contributed by atoms with van der Waals surface area (Å²) in [6, 6.07) is 9.05. The molecule has 0 amide bonds. The van der Waals surface area contributed by atoms with Crippen molar-refractivity contribution >= 4 is 21.4 Å². The Balaban J connectivity index is 1.64. The number of oxazole rings is 1. The van der Waals surface area contributed by atoms with Crippen LogP contribution in [-0.4, -0.2) is 11.0 Å². The molecule has 0 aliphatic heterocycles. The third-order valence-electron chi connectivity index (χ3n) is 3.41. The number of fused-ring (bicyclic) bond motifs is 1. The number of aromatic nitrogens is 1. The standard InChI is InChI=1S/C15H14N2OS/c1-2-4-14-12(3-1)13(9-19-14)15-17-11(8-18-15)7-16-10-5-6-10/h1-4,8-10,16H,5-7H2. The van der Waals surface area contributed by atoms with Crippen LogP contribution in [0.25, 0.3) is 21.5 Å². The van der Waals surface area contributed by atoms with Gasteiger partial charge in [0, 0.05) is 28.1 Å². The van der Waals surface area contributed by atoms with Gasteiger partial charge in [-0.25, -0.2) is 4.98 Å². The normalized spacial score (nSPS) is 15.2. The molecular weight excluding hydrogens is 256 g/mol. The van der Waals surface area contributed by atoms with Crippen LogP contribution in [0.1, 0.15) is 18.5 Å². The molecule has 19 heavy (non-hydrogen) atoms. The third kappa shape index (κ3) is 2.17. The summed E-state index contributed by atoms with van der Waals surface area (Å²) < 4.78 is 6.90. The van der Waals surface area contributed by atoms with Crippen molar-refractivity contribution in [1.29, 1.82) is 0 Å². The molecule has 96 valence electrons. The number of benzene rings is 1. The van der Waals surface area contributed by atoms with Crippen molar-refractivity contribution in [2.24, 2.45) is 0 Å². The number of rotatable bonds is 4. The van der Waals surface area contributed by atoms with Gasteiger partial charge in [0.05, 0.1) is 11.3 Å². The van der Waals surface area contributed by atoms with Crippen LogP contribution in [0.15, 0.2) is 40.3 Å². The molecule has 1 N–H and O–H groups in total. The first-order valence-corrected chi connectivity index (χ1v) is 7.42. The second-order valence-corrected chi connectivity index (χ2v) is 5.86. The van der Waals surface area contributed by atoms with Crippen LogP contribution < -0.4 is 5.32 Å². The molecule has 1 aliphatic carbocycles. The van der Waals surface area contributed by atoms with Gasteiger partial charge in [0.2, 0.25) is 5.89 Å². The first kappa shape index (κ1) is 11.2. The van der Waals surface area contributed by atoms with E-state index in [1.165, 1.54) is 22.9 Å². The number of nitrogens with zero attached hydrogens (tertiary/aromatic N) is 1. The fourth-order valence-corrected chi connectivity index (χ4v) is 3.13. The first-order valence-electron chi connectivity index (χ1n) is 6.54. The van der Waals surface area contributed by atoms with Crippen LogP contribution in [0.3, 0.4) is 0 Å². The number of thiophene rings is 1. The molecule has 0 radical (unpaired) electrons. The minimum absolute atomic E-state index is 0.696. The summed E-state index contributed by atoms with van der Waals surface area (Å²) in [5.41, 5.74) is 2.08. The van der Waals surface area contributed by atoms with Crippen LogP contribution in [0, 0.1) is 0 Å². The summed E-state index contributed by atoms with van der Waals surface area (Å²) in [5.74, 6) is 0.727. The highest BCUT2D eigenvalue weighted by molar-refractivity contribution is 7.17. The largest absolute Gasteiger partial charge is 0.444 e. The lowest BCUT2D eigenvalue weighted by atomic mass is 10.2. The van der Waals surface area contributed by atoms with E-state index in [1.54, 1.807) is 17.6 Å². The molecule has 3 aromatic rings. The molecule has 0 unspecified atom stereocenters. The van der Waals surface area contributed by atoms with Crippen molar-refractivity contribution in [3.63, 3.8) is 0 Å². The van der Waals surface area contributed by atoms with Crippen molar-refractivity contribution in [2.75, 3.05) is 0 Å². The van der Waals surface area contributed by atoms with Crippen molar-refractivity contribution < 1.29 is 4.42 Å². The fraction of sp³-hybridized carbons (Fsp3) is 0.267. The van der Waals surface area contributed by atoms with Gasteiger partial charge >= 0.3 is 0 Å². The fourth-order valence-electron chi connectivity index (χ4n) is 2.19. The summed E-state index contributed by atoms with van der Waals surface area (Å²) in [6.45, 7) is 0.802. The monoisotopic (exact) mass is 270 g/mol. The van der Waals surface area contributed by atoms with E-state index in [-0.39, 0.29) is 0 Å². The molecular formula is C15H14N2OS. The summed E-state index contributed by atoms with van der Waals surface area (Å²) >= 11 is 1.73. The lowest BCUT2D eigenvalue weighted by Crippen LogP contribution is -2.15. The van der Waals surface area contributed by atoms with E-state index in [2.05, 4.69) is 39.9 Å². The van der Waals surface area contributed by atoms with Crippen LogP contribution in [-0.2, 0) is 6.54 Å². The highest BCUT2D eigenvalue weighted by Gasteiger charge is 2.20. The molecule has 4 heteroatoms. The molecule has 0 bridgehead atoms. The summed E-state index contributed by atoms with van der Waals surface area (Å²) in [5, 5.41) is 6.79. The lowest BCUT2D eigenvalue weighted by molar-refractivity contribution is 0.570. The van der Waals surface area contributed by atoms with E-state index in [0.717, 1.165) is 23.7 Å². The zero-order valence-corrected chi connectivity index (χ0v) is 11.2. The topological polar surface area (TPSA) is 38.1 Å². The summed E-state index contributed by atoms with van der Waals surface area (Å²) in [4.78, 5) is 4.58. The Morgan fingerprint density at radius 3 is 3.11 bits per heavy atom. The summed E-state index contributed by atoms with van der Waals surface area (Å²) in [6.07, 6.45) is 4.34. The Morgan fingerprint density at radius 1 is 1.32 bits per heavy atom. The number of hydrogen-bond donors (Lipinski definition) is 1. The first-order chi connectivity index (χ1) is 9.40. The lowest BCUT2D eigenvalue weighted by Gasteiger charge is -1.96. The summed E-state index contributed by atoms with van der Waals surface area (Å²) in [7, 11) is 0. The molecule has 0 atom stereocenters. The maximum Gasteiger partial charge on any atom is 0.227 e. The molecule has 1 aliphatic rings. The van der Waals surface area contributed by atoms with E-state index in [4.69, 9.17) is 4.42 Å². The van der Waals surface area contributed by atoms with Gasteiger partial charge < -0.3 is 9.73 Å². The maximum absolute atomic E-state index is 5.63. The molecule has 0 spiro atoms. The Labute approximate surface area is 115 Å². The SMILES string of the molecule is c1ccc2c(-c3nc(CNC4CC4)co3)csc2c1. The smallest absolute Gasteiger partial charge is 0.227 e. The molecule has 2 heterocycles. The van der Waals surface area contributed by atoms with Crippen molar-refractivity contribution in [3.05, 3.63) is 41.6 Å². The zero-order chi connectivity index (χ0) is 12.7. The molecule has 3 nitrogen and oxygen atoms in total. The van der Waals surface area contributed by atoms with Gasteiger partial charge in [-0.15, -0.1) is 11.3 Å². The molecule has 1 saturated carbocycles. The number of hydrogen-bond acceptors (Lipinski definition) is 4. The predicted octanol–water partition coefficient (Wildman–Crippen LogP) is 3.81. The molecule has 1 fully saturated rings. The minimum atomic E-state index is 0.696. The van der Waals surface area contributed by atoms with Gasteiger partial charge in [-0.1, -0.05) is 18.2 Å². The second-order valence-electron chi connectivity index (χ2n) is 4.94. The highest BCUT2D eigenvalue weighted by atomic mass is 32.1. The van der Waals surface area contributed by atoms with Crippen LogP contribution in [0.2, 0.25) is 0 Å². The minimum Gasteiger partial charge on any atom is -0.444 e. The Kier molecular flexibility index (Phi) is 2.64. The van der Waals surface area contributed by atoms with Crippen molar-refractivity contribution in [2.45, 2.75) is 25.4 Å². The Bertz CT molecular complexity index is 712. The van der Waals surface area contributed by atoms with E-state index in [0.29, 0.717) is 6.04 Å². The van der Waals surface area contributed by atoms with E-state index in [1.807, 2.05) is 0 Å². The van der Waals surface area contributed by atoms with Gasteiger partial charge in [-0.3, -0.25) is 0 Å². The quantitative estimate of drug-likeness (QED) is 0.783. The average Bonchev–Trinajstić information content (AvgIpc) is 3.00. The average molecular weight is 270 g/mol. The van der Waals surface area contributed by atoms with Crippen LogP contribution in [0.5, 0.6) is 0 Å². The van der Waals surface area contributed by atoms with Gasteiger partial charge in [0.1, 0.15) is 6.26 Å². The Hall–Kier alpha value is -1.65. The molecule has 1 aromatic carbocycles. The van der Waals surface area contributed by atoms with Crippen molar-refractivity contribution in [1.82, 2.24) is 10.3 Å². The predicted molar refractivity (Wildman–Crippen MR) is 77.2 cm³/mol. The van der Waals surface area contributed by atoms with Crippen LogP contribution in [0.4, 0.5) is 0 Å². The zero-order valence-electron chi connectivity index (χ0n) is 10.4. The maximum atomic E-state index is 5.63. The van der Waals surface area contributed by atoms with Gasteiger partial charge in [0.25, 0.3) is 0 Å². The molecule has 4 rings (SSSR count). The van der Waals surface area contributed by atoms with E-state index < -0.39 is 0 Å². The highest BCUT2D eigenvalue weighted by Crippen LogP contribution is 2.33. The third-order valence-corrected chi connectivity index (χ3v) is 4.38. The van der Waals surface area contributed by atoms with Crippen molar-refractivity contribution in [3.8, 4) is 11.5 Å². The van der Waals surface area contributed by atoms with Crippen LogP contribution >= 0.6 is 11.3 Å². The second kappa shape index (κ2) is 4.47. The van der Waals surface area contributed by atoms with Gasteiger partial charge in [0.15, 0.2) is 0 Å². The van der Waals surface area contributed by atoms with E-state index in [9.17, 15) is 0 Å². The molecule has 2 aromatic heterocycles. The van der Waals surface area contributed by atoms with Gasteiger partial charge in [-0.05, 0) is 18.9 Å². The Morgan fingerprint density at radius 2 is 2.21 bits per heavy atom.